The fraction of sp³-hybridized carbons (Fsp3) is 0.294. The van der Waals surface area contributed by atoms with E-state index in [-0.39, 0.29) is 40.8 Å². The summed E-state index contributed by atoms with van der Waals surface area (Å²) in [6.45, 7) is 2.01. The summed E-state index contributed by atoms with van der Waals surface area (Å²) in [5, 5.41) is 11.3. The number of benzene rings is 3. The Labute approximate surface area is 273 Å². The molecule has 230 valence electrons. The van der Waals surface area contributed by atoms with Gasteiger partial charge in [0.15, 0.2) is 9.75 Å². The van der Waals surface area contributed by atoms with Crippen LogP contribution in [0.4, 0.5) is 15.8 Å². The highest BCUT2D eigenvalue weighted by atomic mass is 35.5. The predicted octanol–water partition coefficient (Wildman–Crippen LogP) is 6.52. The van der Waals surface area contributed by atoms with Gasteiger partial charge in [-0.15, -0.1) is 23.2 Å². The molecule has 2 aliphatic carbocycles. The van der Waals surface area contributed by atoms with Crippen molar-refractivity contribution in [3.05, 3.63) is 100 Å². The lowest BCUT2D eigenvalue weighted by Crippen LogP contribution is -2.60. The number of halogens is 4. The lowest BCUT2D eigenvalue weighted by Gasteiger charge is -2.50. The first-order valence-corrected chi connectivity index (χ1v) is 15.7. The number of rotatable bonds is 4. The minimum absolute atomic E-state index is 0.0681. The zero-order chi connectivity index (χ0) is 32.0. The first-order valence-electron chi connectivity index (χ1n) is 14.6. The Hall–Kier alpha value is -3.72. The normalized spacial score (nSPS) is 30.7. The fourth-order valence-corrected chi connectivity index (χ4v) is 8.74. The van der Waals surface area contributed by atoms with Crippen molar-refractivity contribution in [3.63, 3.8) is 0 Å². The molecule has 0 aromatic heterocycles. The summed E-state index contributed by atoms with van der Waals surface area (Å²) in [6.07, 6.45) is 2.52. The lowest BCUT2D eigenvalue weighted by molar-refractivity contribution is -0.125. The maximum absolute atomic E-state index is 14.4. The first-order chi connectivity index (χ1) is 21.4. The van der Waals surface area contributed by atoms with E-state index in [1.165, 1.54) is 35.2 Å². The molecule has 0 unspecified atom stereocenters. The van der Waals surface area contributed by atoms with E-state index in [1.807, 2.05) is 19.1 Å². The van der Waals surface area contributed by atoms with Gasteiger partial charge < -0.3 is 5.11 Å². The summed E-state index contributed by atoms with van der Waals surface area (Å²) in [6, 6.07) is 16.2. The highest BCUT2D eigenvalue weighted by molar-refractivity contribution is 6.58. The second kappa shape index (κ2) is 10.4. The van der Waals surface area contributed by atoms with Crippen LogP contribution in [-0.2, 0) is 25.6 Å². The molecule has 2 heterocycles. The molecular weight excluding hydrogens is 642 g/mol. The van der Waals surface area contributed by atoms with E-state index in [0.717, 1.165) is 29.0 Å². The van der Waals surface area contributed by atoms with Gasteiger partial charge in [0.05, 0.1) is 23.2 Å². The molecule has 7 rings (SSSR count). The molecule has 1 saturated carbocycles. The third kappa shape index (κ3) is 4.08. The van der Waals surface area contributed by atoms with Crippen molar-refractivity contribution in [2.45, 2.75) is 41.9 Å². The Morgan fingerprint density at radius 1 is 0.867 bits per heavy atom. The molecule has 45 heavy (non-hydrogen) atoms. The van der Waals surface area contributed by atoms with E-state index in [4.69, 9.17) is 34.8 Å². The molecule has 0 bridgehead atoms. The summed E-state index contributed by atoms with van der Waals surface area (Å²) < 4.78 is 13.8. The number of carbonyl (C=O) groups is 4. The molecule has 6 atom stereocenters. The standard InChI is InChI=1S/C34H26Cl3FN2O5/c1-2-17-3-8-20(9-4-17)39-29(42)23-13-12-22-25(27(23)30(39)43)16-33(36)31(44)40(21-10-6-19(38)7-11-21)32(45)34(33,37)28(22)24-15-18(35)5-14-26(24)41/h3-12,14-15,23,25,27-28,41H,2,13,16H2,1H3/t23-,25+,27-,28+,33+,34-/m0/s1. The molecule has 2 aliphatic heterocycles. The van der Waals surface area contributed by atoms with Crippen LogP contribution < -0.4 is 9.80 Å². The molecule has 1 N–H and O–H groups in total. The molecule has 4 amide bonds. The van der Waals surface area contributed by atoms with Gasteiger partial charge in [-0.25, -0.2) is 9.29 Å². The third-order valence-electron chi connectivity index (χ3n) is 9.80. The number of carbonyl (C=O) groups excluding carboxylic acids is 4. The van der Waals surface area contributed by atoms with Crippen molar-refractivity contribution >= 4 is 69.8 Å². The largest absolute Gasteiger partial charge is 0.508 e. The van der Waals surface area contributed by atoms with E-state index in [9.17, 15) is 28.7 Å². The Morgan fingerprint density at radius 2 is 1.51 bits per heavy atom. The maximum Gasteiger partial charge on any atom is 0.258 e. The van der Waals surface area contributed by atoms with Crippen LogP contribution in [0.25, 0.3) is 0 Å². The van der Waals surface area contributed by atoms with Gasteiger partial charge in [-0.2, -0.15) is 0 Å². The number of amides is 4. The average molecular weight is 668 g/mol. The first kappa shape index (κ1) is 30.0. The van der Waals surface area contributed by atoms with E-state index in [0.29, 0.717) is 11.3 Å². The molecule has 2 saturated heterocycles. The minimum Gasteiger partial charge on any atom is -0.508 e. The molecular formula is C34H26Cl3FN2O5. The van der Waals surface area contributed by atoms with Crippen molar-refractivity contribution in [2.24, 2.45) is 17.8 Å². The molecule has 7 nitrogen and oxygen atoms in total. The van der Waals surface area contributed by atoms with E-state index >= 15 is 0 Å². The van der Waals surface area contributed by atoms with Gasteiger partial charge in [0.1, 0.15) is 11.6 Å². The van der Waals surface area contributed by atoms with Crippen LogP contribution in [-0.4, -0.2) is 38.5 Å². The molecule has 3 aromatic carbocycles. The van der Waals surface area contributed by atoms with E-state index in [2.05, 4.69) is 0 Å². The number of nitrogens with zero attached hydrogens (tertiary/aromatic N) is 2. The van der Waals surface area contributed by atoms with Crippen LogP contribution >= 0.6 is 34.8 Å². The van der Waals surface area contributed by atoms with Crippen LogP contribution in [0.5, 0.6) is 5.75 Å². The summed E-state index contributed by atoms with van der Waals surface area (Å²) >= 11 is 21.0. The van der Waals surface area contributed by atoms with Crippen molar-refractivity contribution in [3.8, 4) is 5.75 Å². The molecule has 4 aliphatic rings. The molecule has 3 aromatic rings. The quantitative estimate of drug-likeness (QED) is 0.194. The summed E-state index contributed by atoms with van der Waals surface area (Å²) in [5.74, 6) is -6.90. The Balaban J connectivity index is 1.39. The number of alkyl halides is 2. The van der Waals surface area contributed by atoms with Crippen molar-refractivity contribution < 1.29 is 28.7 Å². The predicted molar refractivity (Wildman–Crippen MR) is 168 cm³/mol. The Kier molecular flexibility index (Phi) is 6.93. The Morgan fingerprint density at radius 3 is 2.18 bits per heavy atom. The number of imide groups is 2. The third-order valence-corrected chi connectivity index (χ3v) is 11.4. The van der Waals surface area contributed by atoms with Gasteiger partial charge in [0, 0.05) is 16.5 Å². The fourth-order valence-electron chi connectivity index (χ4n) is 7.64. The van der Waals surface area contributed by atoms with Gasteiger partial charge in [0.25, 0.3) is 11.8 Å². The molecule has 11 heteroatoms. The SMILES string of the molecule is CCc1ccc(N2C(=O)[C@H]3[C@H](CC=C4[C@H]3C[C@@]3(Cl)C(=O)N(c5ccc(F)cc5)C(=O)[C@@]3(Cl)[C@H]4c3cc(Cl)ccc3O)C2=O)cc1. The zero-order valence-corrected chi connectivity index (χ0v) is 26.1. The number of fused-ring (bicyclic) bond motifs is 4. The van der Waals surface area contributed by atoms with Crippen LogP contribution in [0.1, 0.15) is 36.8 Å². The summed E-state index contributed by atoms with van der Waals surface area (Å²) in [4.78, 5) is 54.4. The highest BCUT2D eigenvalue weighted by Crippen LogP contribution is 2.66. The lowest BCUT2D eigenvalue weighted by atomic mass is 9.56. The smallest absolute Gasteiger partial charge is 0.258 e. The average Bonchev–Trinajstić information content (AvgIpc) is 3.37. The van der Waals surface area contributed by atoms with Crippen LogP contribution in [0.2, 0.25) is 5.02 Å². The number of hydrogen-bond acceptors (Lipinski definition) is 5. The van der Waals surface area contributed by atoms with Crippen LogP contribution in [0, 0.1) is 23.6 Å². The number of hydrogen-bond donors (Lipinski definition) is 1. The van der Waals surface area contributed by atoms with Gasteiger partial charge in [-0.3, -0.25) is 24.1 Å². The van der Waals surface area contributed by atoms with Gasteiger partial charge in [-0.05, 0) is 85.3 Å². The molecule has 0 radical (unpaired) electrons. The van der Waals surface area contributed by atoms with Crippen molar-refractivity contribution in [1.82, 2.24) is 0 Å². The number of aromatic hydroxyl groups is 1. The second-order valence-corrected chi connectivity index (χ2v) is 13.7. The minimum atomic E-state index is -2.17. The van der Waals surface area contributed by atoms with Crippen LogP contribution in [0.3, 0.4) is 0 Å². The zero-order valence-electron chi connectivity index (χ0n) is 23.8. The maximum atomic E-state index is 14.4. The van der Waals surface area contributed by atoms with Gasteiger partial charge >= 0.3 is 0 Å². The van der Waals surface area contributed by atoms with Gasteiger partial charge in [-0.1, -0.05) is 42.3 Å². The monoisotopic (exact) mass is 666 g/mol. The Bertz CT molecular complexity index is 1830. The number of aryl methyl sites for hydroxylation is 1. The number of allylic oxidation sites excluding steroid dienone is 2. The summed E-state index contributed by atoms with van der Waals surface area (Å²) in [7, 11) is 0. The number of phenolic OH excluding ortho intramolecular Hbond substituents is 1. The topological polar surface area (TPSA) is 95.0 Å². The van der Waals surface area contributed by atoms with Crippen molar-refractivity contribution in [2.75, 3.05) is 9.80 Å². The van der Waals surface area contributed by atoms with Gasteiger partial charge in [0.2, 0.25) is 11.8 Å². The highest BCUT2D eigenvalue weighted by Gasteiger charge is 2.77. The van der Waals surface area contributed by atoms with Crippen molar-refractivity contribution in [1.29, 1.82) is 0 Å². The van der Waals surface area contributed by atoms with E-state index < -0.39 is 57.0 Å². The number of anilines is 2. The summed E-state index contributed by atoms with van der Waals surface area (Å²) in [5.41, 5.74) is 2.24. The number of phenols is 1. The molecule has 0 spiro atoms. The van der Waals surface area contributed by atoms with E-state index in [1.54, 1.807) is 18.2 Å². The molecule has 3 fully saturated rings. The second-order valence-electron chi connectivity index (χ2n) is 12.0. The van der Waals surface area contributed by atoms with Crippen LogP contribution in [0.15, 0.2) is 78.4 Å².